The van der Waals surface area contributed by atoms with Gasteiger partial charge in [0.2, 0.25) is 17.7 Å². The summed E-state index contributed by atoms with van der Waals surface area (Å²) >= 11 is 0. The third-order valence-electron chi connectivity index (χ3n) is 7.67. The molecule has 1 aliphatic carbocycles. The van der Waals surface area contributed by atoms with Gasteiger partial charge in [0, 0.05) is 30.7 Å². The van der Waals surface area contributed by atoms with Gasteiger partial charge in [-0.15, -0.1) is 0 Å². The van der Waals surface area contributed by atoms with Gasteiger partial charge in [-0.3, -0.25) is 19.3 Å². The lowest BCUT2D eigenvalue weighted by atomic mass is 10.0. The summed E-state index contributed by atoms with van der Waals surface area (Å²) in [5, 5.41) is 9.36. The van der Waals surface area contributed by atoms with Crippen molar-refractivity contribution in [2.24, 2.45) is 17.4 Å². The molecular formula is C23H28N6O3. The average molecular weight is 437 g/mol. The van der Waals surface area contributed by atoms with Crippen molar-refractivity contribution in [3.05, 3.63) is 35.4 Å². The molecule has 0 spiro atoms. The van der Waals surface area contributed by atoms with Crippen LogP contribution in [0.2, 0.25) is 0 Å². The molecule has 2 bridgehead atoms. The largest absolute Gasteiger partial charge is 0.366 e. The molecule has 1 saturated carbocycles. The number of benzene rings is 1. The summed E-state index contributed by atoms with van der Waals surface area (Å²) in [4.78, 5) is 43.0. The minimum Gasteiger partial charge on any atom is -0.366 e. The Morgan fingerprint density at radius 1 is 1.22 bits per heavy atom. The predicted molar refractivity (Wildman–Crippen MR) is 115 cm³/mol. The van der Waals surface area contributed by atoms with Crippen LogP contribution in [0.5, 0.6) is 0 Å². The third kappa shape index (κ3) is 3.26. The SMILES string of the molecule is C[C@H](c1ccc(C(N)=O)cc1)N1C(=O)[C@H]2C[C@@H]1CN2C[C@H](N)C(=O)N1[C@H](C#N)CC2C[C@@H]21. The number of likely N-dealkylation sites (tertiary alicyclic amines) is 3. The molecule has 7 atom stereocenters. The predicted octanol–water partition coefficient (Wildman–Crippen LogP) is -0.0281. The quantitative estimate of drug-likeness (QED) is 0.643. The molecule has 168 valence electrons. The first-order valence-electron chi connectivity index (χ1n) is 11.2. The van der Waals surface area contributed by atoms with Crippen molar-refractivity contribution >= 4 is 17.7 Å². The zero-order valence-electron chi connectivity index (χ0n) is 18.1. The van der Waals surface area contributed by atoms with Gasteiger partial charge in [0.05, 0.1) is 24.2 Å². The van der Waals surface area contributed by atoms with Gasteiger partial charge in [-0.05, 0) is 49.8 Å². The molecule has 3 aliphatic heterocycles. The Hall–Kier alpha value is -2.96. The van der Waals surface area contributed by atoms with Crippen LogP contribution in [0.1, 0.15) is 48.1 Å². The zero-order valence-corrected chi connectivity index (χ0v) is 18.1. The number of nitrogens with two attached hydrogens (primary N) is 2. The molecule has 9 nitrogen and oxygen atoms in total. The van der Waals surface area contributed by atoms with Gasteiger partial charge in [-0.2, -0.15) is 5.26 Å². The molecule has 1 aromatic rings. The molecule has 4 aliphatic rings. The highest BCUT2D eigenvalue weighted by Gasteiger charge is 2.56. The fourth-order valence-corrected chi connectivity index (χ4v) is 5.90. The van der Waals surface area contributed by atoms with E-state index in [0.29, 0.717) is 24.6 Å². The van der Waals surface area contributed by atoms with E-state index < -0.39 is 11.9 Å². The number of carbonyl (C=O) groups excluding carboxylic acids is 3. The van der Waals surface area contributed by atoms with Crippen LogP contribution in [-0.2, 0) is 9.59 Å². The molecule has 9 heteroatoms. The van der Waals surface area contributed by atoms with Crippen molar-refractivity contribution in [3.8, 4) is 6.07 Å². The van der Waals surface area contributed by atoms with Crippen LogP contribution >= 0.6 is 0 Å². The van der Waals surface area contributed by atoms with Gasteiger partial charge in [-0.25, -0.2) is 0 Å². The number of amides is 3. The van der Waals surface area contributed by atoms with Crippen LogP contribution in [0.15, 0.2) is 24.3 Å². The maximum Gasteiger partial charge on any atom is 0.248 e. The number of hydrogen-bond acceptors (Lipinski definition) is 6. The molecule has 1 unspecified atom stereocenters. The van der Waals surface area contributed by atoms with Crippen molar-refractivity contribution < 1.29 is 14.4 Å². The molecule has 3 amide bonds. The van der Waals surface area contributed by atoms with Crippen LogP contribution in [0.4, 0.5) is 0 Å². The standard InChI is InChI=1S/C23H28N6O3/c1-12(13-2-4-14(5-3-13)21(26)30)28-17-8-20(23(28)32)27(10-17)11-18(25)22(31)29-16(9-24)6-15-7-19(15)29/h2-5,12,15-20H,6-8,10-11,25H2,1H3,(H2,26,30)/t12-,15?,16+,17-,18+,19+,20-/m1/s1. The zero-order chi connectivity index (χ0) is 22.7. The Kier molecular flexibility index (Phi) is 4.95. The van der Waals surface area contributed by atoms with Crippen molar-refractivity contribution in [3.63, 3.8) is 0 Å². The van der Waals surface area contributed by atoms with E-state index in [2.05, 4.69) is 6.07 Å². The summed E-state index contributed by atoms with van der Waals surface area (Å²) < 4.78 is 0. The van der Waals surface area contributed by atoms with Gasteiger partial charge < -0.3 is 21.3 Å². The van der Waals surface area contributed by atoms with Gasteiger partial charge in [0.15, 0.2) is 0 Å². The van der Waals surface area contributed by atoms with Gasteiger partial charge in [0.1, 0.15) is 6.04 Å². The van der Waals surface area contributed by atoms with Crippen molar-refractivity contribution in [2.75, 3.05) is 13.1 Å². The van der Waals surface area contributed by atoms with Crippen molar-refractivity contribution in [1.82, 2.24) is 14.7 Å². The Bertz CT molecular complexity index is 1000. The van der Waals surface area contributed by atoms with Crippen LogP contribution in [0.25, 0.3) is 0 Å². The highest BCUT2D eigenvalue weighted by molar-refractivity contribution is 5.92. The van der Waals surface area contributed by atoms with E-state index in [-0.39, 0.29) is 42.0 Å². The first kappa shape index (κ1) is 20.9. The van der Waals surface area contributed by atoms with E-state index in [0.717, 1.165) is 24.8 Å². The average Bonchev–Trinajstić information content (AvgIpc) is 3.11. The summed E-state index contributed by atoms with van der Waals surface area (Å²) in [7, 11) is 0. The fourth-order valence-electron chi connectivity index (χ4n) is 5.90. The smallest absolute Gasteiger partial charge is 0.248 e. The van der Waals surface area contributed by atoms with Crippen LogP contribution in [0, 0.1) is 17.2 Å². The lowest BCUT2D eigenvalue weighted by Gasteiger charge is -2.38. The Labute approximate surface area is 186 Å². The van der Waals surface area contributed by atoms with Gasteiger partial charge >= 0.3 is 0 Å². The van der Waals surface area contributed by atoms with E-state index in [4.69, 9.17) is 11.5 Å². The highest BCUT2D eigenvalue weighted by atomic mass is 16.2. The van der Waals surface area contributed by atoms with E-state index in [9.17, 15) is 19.6 Å². The molecule has 4 fully saturated rings. The number of hydrogen-bond donors (Lipinski definition) is 2. The number of nitrogens with zero attached hydrogens (tertiary/aromatic N) is 4. The second-order valence-corrected chi connectivity index (χ2v) is 9.56. The summed E-state index contributed by atoms with van der Waals surface area (Å²) in [5.74, 6) is -0.149. The summed E-state index contributed by atoms with van der Waals surface area (Å²) in [6, 6.07) is 8.01. The fraction of sp³-hybridized carbons (Fsp3) is 0.565. The molecule has 0 radical (unpaired) electrons. The first-order valence-corrected chi connectivity index (χ1v) is 11.2. The molecule has 0 aromatic heterocycles. The molecule has 32 heavy (non-hydrogen) atoms. The van der Waals surface area contributed by atoms with Crippen LogP contribution in [0.3, 0.4) is 0 Å². The minimum absolute atomic E-state index is 0.0470. The van der Waals surface area contributed by atoms with Crippen LogP contribution < -0.4 is 11.5 Å². The van der Waals surface area contributed by atoms with Crippen molar-refractivity contribution in [1.29, 1.82) is 5.26 Å². The molecule has 5 rings (SSSR count). The topological polar surface area (TPSA) is 137 Å². The normalized spacial score (nSPS) is 32.5. The lowest BCUT2D eigenvalue weighted by molar-refractivity contribution is -0.141. The minimum atomic E-state index is -0.732. The molecule has 4 N–H and O–H groups in total. The second kappa shape index (κ2) is 7.57. The molecular weight excluding hydrogens is 408 g/mol. The molecule has 3 heterocycles. The summed E-state index contributed by atoms with van der Waals surface area (Å²) in [6.07, 6.45) is 2.44. The lowest BCUT2D eigenvalue weighted by Crippen LogP contribution is -2.57. The number of carbonyl (C=O) groups is 3. The van der Waals surface area contributed by atoms with E-state index >= 15 is 0 Å². The number of fused-ring (bicyclic) bond motifs is 3. The van der Waals surface area contributed by atoms with Crippen LogP contribution in [-0.4, -0.2) is 75.7 Å². The summed E-state index contributed by atoms with van der Waals surface area (Å²) in [5.41, 5.74) is 13.0. The maximum atomic E-state index is 13.2. The Morgan fingerprint density at radius 3 is 2.56 bits per heavy atom. The second-order valence-electron chi connectivity index (χ2n) is 9.56. The number of piperidine rings is 1. The van der Waals surface area contributed by atoms with Gasteiger partial charge in [0.25, 0.3) is 0 Å². The maximum absolute atomic E-state index is 13.2. The Balaban J connectivity index is 1.22. The molecule has 1 aromatic carbocycles. The molecule has 3 saturated heterocycles. The first-order chi connectivity index (χ1) is 15.3. The summed E-state index contributed by atoms with van der Waals surface area (Å²) in [6.45, 7) is 2.99. The number of nitriles is 1. The Morgan fingerprint density at radius 2 is 1.94 bits per heavy atom. The van der Waals surface area contributed by atoms with Crippen molar-refractivity contribution in [2.45, 2.75) is 62.4 Å². The number of piperazine rings is 1. The van der Waals surface area contributed by atoms with E-state index in [1.54, 1.807) is 17.0 Å². The van der Waals surface area contributed by atoms with E-state index in [1.807, 2.05) is 28.9 Å². The van der Waals surface area contributed by atoms with Gasteiger partial charge in [-0.1, -0.05) is 12.1 Å². The third-order valence-corrected chi connectivity index (χ3v) is 7.67. The number of primary amides is 1. The van der Waals surface area contributed by atoms with E-state index in [1.165, 1.54) is 0 Å². The highest BCUT2D eigenvalue weighted by Crippen LogP contribution is 2.48. The monoisotopic (exact) mass is 436 g/mol. The number of rotatable bonds is 6.